The highest BCUT2D eigenvalue weighted by atomic mass is 14.3. The zero-order valence-electron chi connectivity index (χ0n) is 42.6. The topological polar surface area (TPSA) is 0 Å². The summed E-state index contributed by atoms with van der Waals surface area (Å²) in [7, 11) is 0. The molecule has 15 aromatic carbocycles. The Labute approximate surface area is 452 Å². The van der Waals surface area contributed by atoms with Crippen LogP contribution in [0.5, 0.6) is 0 Å². The van der Waals surface area contributed by atoms with E-state index in [1.807, 2.05) is 0 Å². The maximum atomic E-state index is 2.50. The summed E-state index contributed by atoms with van der Waals surface area (Å²) in [5, 5.41) is 15.4. The van der Waals surface area contributed by atoms with Gasteiger partial charge in [0.25, 0.3) is 0 Å². The Balaban J connectivity index is 0.906. The molecule has 0 heterocycles. The van der Waals surface area contributed by atoms with E-state index in [1.165, 1.54) is 176 Å². The van der Waals surface area contributed by atoms with E-state index in [0.29, 0.717) is 0 Å². The van der Waals surface area contributed by atoms with Crippen LogP contribution in [-0.4, -0.2) is 0 Å². The van der Waals surface area contributed by atoms with Crippen molar-refractivity contribution in [2.45, 2.75) is 0 Å². The van der Waals surface area contributed by atoms with Crippen molar-refractivity contribution in [3.8, 4) is 111 Å². The summed E-state index contributed by atoms with van der Waals surface area (Å²) in [6, 6.07) is 105. The lowest BCUT2D eigenvalue weighted by atomic mass is 9.85. The fraction of sp³-hybridized carbons (Fsp3) is 0. The first-order valence-corrected chi connectivity index (χ1v) is 27.2. The van der Waals surface area contributed by atoms with Crippen molar-refractivity contribution in [2.24, 2.45) is 0 Å². The fourth-order valence-corrected chi connectivity index (χ4v) is 13.8. The van der Waals surface area contributed by atoms with Gasteiger partial charge in [-0.2, -0.15) is 0 Å². The average molecular weight is 983 g/mol. The lowest BCUT2D eigenvalue weighted by Gasteiger charge is -2.18. The Morgan fingerprint density at radius 3 is 0.821 bits per heavy atom. The molecule has 0 unspecified atom stereocenters. The summed E-state index contributed by atoms with van der Waals surface area (Å²) < 4.78 is 0. The van der Waals surface area contributed by atoms with Gasteiger partial charge < -0.3 is 0 Å². The molecule has 0 N–H and O–H groups in total. The first-order valence-electron chi connectivity index (χ1n) is 27.2. The van der Waals surface area contributed by atoms with Gasteiger partial charge in [-0.1, -0.05) is 243 Å². The zero-order valence-corrected chi connectivity index (χ0v) is 42.6. The van der Waals surface area contributed by atoms with Gasteiger partial charge in [-0.3, -0.25) is 0 Å². The van der Waals surface area contributed by atoms with Gasteiger partial charge in [-0.25, -0.2) is 0 Å². The molecule has 15 aromatic rings. The first-order chi connectivity index (χ1) is 38.7. The van der Waals surface area contributed by atoms with Crippen LogP contribution in [-0.2, 0) is 0 Å². The van der Waals surface area contributed by atoms with Crippen LogP contribution in [0.1, 0.15) is 0 Å². The zero-order chi connectivity index (χ0) is 51.0. The van der Waals surface area contributed by atoms with E-state index in [0.717, 1.165) is 0 Å². The molecule has 2 aliphatic rings. The molecule has 0 nitrogen and oxygen atoms in total. The smallest absolute Gasteiger partial charge is 0.00137 e. The quantitative estimate of drug-likeness (QED) is 0.146. The molecule has 0 bridgehead atoms. The van der Waals surface area contributed by atoms with Crippen LogP contribution in [0.2, 0.25) is 0 Å². The number of fused-ring (bicyclic) bond motifs is 14. The van der Waals surface area contributed by atoms with Crippen molar-refractivity contribution >= 4 is 64.6 Å². The summed E-state index contributed by atoms with van der Waals surface area (Å²) in [6.45, 7) is 0. The standard InChI is InChI=1S/C78H46/c1-5-17-47(18-6-1)53-33-35-59-67(41-53)65(43-71-63-39-37-55(49-21-9-3-10-22-49)75-61-27-15-13-25-57(61)73(77(63)75)45-69(59)71)51-29-31-52(32-30-51)66-44-72-64-40-38-56(50-23-11-4-12-24-50)76-62-28-16-14-26-58(62)74(78(64)76)46-70(72)60-36-34-54(42-68(60)66)48-19-7-2-8-20-48/h1-46H. The molecule has 0 fully saturated rings. The lowest BCUT2D eigenvalue weighted by Crippen LogP contribution is -1.91. The monoisotopic (exact) mass is 982 g/mol. The lowest BCUT2D eigenvalue weighted by molar-refractivity contribution is 1.62. The highest BCUT2D eigenvalue weighted by Crippen LogP contribution is 2.56. The minimum Gasteiger partial charge on any atom is -0.0622 e. The van der Waals surface area contributed by atoms with Gasteiger partial charge in [0, 0.05) is 0 Å². The van der Waals surface area contributed by atoms with Gasteiger partial charge >= 0.3 is 0 Å². The minimum absolute atomic E-state index is 1.19. The molecule has 358 valence electrons. The summed E-state index contributed by atoms with van der Waals surface area (Å²) in [4.78, 5) is 0. The Bertz CT molecular complexity index is 4690. The number of benzene rings is 15. The maximum Gasteiger partial charge on any atom is -0.00137 e. The molecular formula is C78H46. The van der Waals surface area contributed by atoms with Gasteiger partial charge in [-0.15, -0.1) is 0 Å². The molecule has 0 radical (unpaired) electrons. The molecule has 0 aliphatic heterocycles. The maximum absolute atomic E-state index is 2.50. The molecule has 0 spiro atoms. The molecule has 0 heteroatoms. The van der Waals surface area contributed by atoms with Gasteiger partial charge in [0.05, 0.1) is 0 Å². The second-order valence-corrected chi connectivity index (χ2v) is 21.4. The highest BCUT2D eigenvalue weighted by Gasteiger charge is 2.29. The molecule has 17 rings (SSSR count). The van der Waals surface area contributed by atoms with Gasteiger partial charge in [-0.05, 0) is 212 Å². The van der Waals surface area contributed by atoms with Gasteiger partial charge in [0.2, 0.25) is 0 Å². The van der Waals surface area contributed by atoms with Crippen LogP contribution in [0, 0.1) is 0 Å². The average Bonchev–Trinajstić information content (AvgIpc) is 4.25. The SMILES string of the molecule is c1ccc(-c2ccc3c(c2)c(-c2ccc(-c4cc5c6ccc(-c7ccccc7)c7c6c(cc5c5ccc(-c6ccccc6)cc45)-c4ccccc4-7)cc2)cc2c4ccc(-c5ccccc5)c5c4c(cc32)-c2ccccc2-5)cc1. The van der Waals surface area contributed by atoms with Crippen molar-refractivity contribution in [3.05, 3.63) is 279 Å². The fourth-order valence-electron chi connectivity index (χ4n) is 13.8. The van der Waals surface area contributed by atoms with E-state index < -0.39 is 0 Å². The van der Waals surface area contributed by atoms with Crippen molar-refractivity contribution in [1.29, 1.82) is 0 Å². The van der Waals surface area contributed by atoms with Crippen LogP contribution in [0.25, 0.3) is 176 Å². The van der Waals surface area contributed by atoms with Crippen molar-refractivity contribution in [2.75, 3.05) is 0 Å². The number of hydrogen-bond acceptors (Lipinski definition) is 0. The summed E-state index contributed by atoms with van der Waals surface area (Å²) in [6.07, 6.45) is 0. The Morgan fingerprint density at radius 2 is 0.423 bits per heavy atom. The summed E-state index contributed by atoms with van der Waals surface area (Å²) in [5.41, 5.74) is 25.2. The van der Waals surface area contributed by atoms with Crippen molar-refractivity contribution in [3.63, 3.8) is 0 Å². The molecule has 0 saturated carbocycles. The van der Waals surface area contributed by atoms with Gasteiger partial charge in [0.1, 0.15) is 0 Å². The minimum atomic E-state index is 1.19. The second kappa shape index (κ2) is 16.7. The third kappa shape index (κ3) is 6.29. The molecule has 0 amide bonds. The molecular weight excluding hydrogens is 937 g/mol. The van der Waals surface area contributed by atoms with E-state index in [9.17, 15) is 0 Å². The largest absolute Gasteiger partial charge is 0.0622 e. The summed E-state index contributed by atoms with van der Waals surface area (Å²) in [5.74, 6) is 0. The van der Waals surface area contributed by atoms with Crippen molar-refractivity contribution < 1.29 is 0 Å². The molecule has 78 heavy (non-hydrogen) atoms. The van der Waals surface area contributed by atoms with Crippen LogP contribution >= 0.6 is 0 Å². The van der Waals surface area contributed by atoms with E-state index in [1.54, 1.807) is 0 Å². The Morgan fingerprint density at radius 1 is 0.128 bits per heavy atom. The molecule has 0 atom stereocenters. The van der Waals surface area contributed by atoms with E-state index in [2.05, 4.69) is 279 Å². The first kappa shape index (κ1) is 43.1. The predicted molar refractivity (Wildman–Crippen MR) is 333 cm³/mol. The third-order valence-corrected chi connectivity index (χ3v) is 17.3. The van der Waals surface area contributed by atoms with Crippen LogP contribution in [0.3, 0.4) is 0 Å². The molecule has 0 aromatic heterocycles. The van der Waals surface area contributed by atoms with E-state index in [-0.39, 0.29) is 0 Å². The molecule has 2 aliphatic carbocycles. The van der Waals surface area contributed by atoms with Crippen molar-refractivity contribution in [1.82, 2.24) is 0 Å². The van der Waals surface area contributed by atoms with E-state index >= 15 is 0 Å². The molecule has 0 saturated heterocycles. The van der Waals surface area contributed by atoms with E-state index in [4.69, 9.17) is 0 Å². The predicted octanol–water partition coefficient (Wildman–Crippen LogP) is 21.9. The Kier molecular flexibility index (Phi) is 9.22. The number of rotatable bonds is 6. The van der Waals surface area contributed by atoms with Crippen LogP contribution < -0.4 is 0 Å². The second-order valence-electron chi connectivity index (χ2n) is 21.4. The van der Waals surface area contributed by atoms with Crippen LogP contribution in [0.15, 0.2) is 279 Å². The van der Waals surface area contributed by atoms with Gasteiger partial charge in [0.15, 0.2) is 0 Å². The summed E-state index contributed by atoms with van der Waals surface area (Å²) >= 11 is 0. The third-order valence-electron chi connectivity index (χ3n) is 17.3. The number of hydrogen-bond donors (Lipinski definition) is 0. The highest BCUT2D eigenvalue weighted by molar-refractivity contribution is 6.32. The normalized spacial score (nSPS) is 12.1. The Hall–Kier alpha value is -10.1. The van der Waals surface area contributed by atoms with Crippen LogP contribution in [0.4, 0.5) is 0 Å².